The average Bonchev–Trinajstić information content (AvgIpc) is 3.63. The summed E-state index contributed by atoms with van der Waals surface area (Å²) in [7, 11) is 3.20. The minimum absolute atomic E-state index is 0.0649. The number of nitrogens with one attached hydrogen (secondary N) is 1. The van der Waals surface area contributed by atoms with E-state index in [2.05, 4.69) is 29.2 Å². The maximum absolute atomic E-state index is 13.0. The van der Waals surface area contributed by atoms with Gasteiger partial charge < -0.3 is 33.5 Å². The summed E-state index contributed by atoms with van der Waals surface area (Å²) in [6.45, 7) is 6.56. The van der Waals surface area contributed by atoms with Crippen LogP contribution >= 0.6 is 22.9 Å². The lowest BCUT2D eigenvalue weighted by Gasteiger charge is -2.34. The molecule has 1 saturated heterocycles. The number of hydrogen-bond acceptors (Lipinski definition) is 8. The fourth-order valence-electron chi connectivity index (χ4n) is 4.85. The second kappa shape index (κ2) is 11.3. The number of benzene rings is 1. The summed E-state index contributed by atoms with van der Waals surface area (Å²) in [5.41, 5.74) is 1.38. The van der Waals surface area contributed by atoms with Gasteiger partial charge in [0.25, 0.3) is 0 Å². The van der Waals surface area contributed by atoms with E-state index in [4.69, 9.17) is 30.3 Å². The highest BCUT2D eigenvalue weighted by molar-refractivity contribution is 7.19. The van der Waals surface area contributed by atoms with E-state index >= 15 is 0 Å². The van der Waals surface area contributed by atoms with E-state index in [0.29, 0.717) is 39.2 Å². The van der Waals surface area contributed by atoms with Crippen LogP contribution in [0.3, 0.4) is 0 Å². The molecule has 0 saturated carbocycles. The number of piperidine rings is 1. The van der Waals surface area contributed by atoms with Crippen molar-refractivity contribution in [3.63, 3.8) is 0 Å². The number of thiophene rings is 1. The number of carbonyl (C=O) groups is 1. The molecule has 0 unspecified atom stereocenters. The van der Waals surface area contributed by atoms with Crippen molar-refractivity contribution in [1.29, 1.82) is 0 Å². The molecule has 1 amide bonds. The number of carbonyl (C=O) groups excluding carboxylic acids is 1. The fourth-order valence-corrected chi connectivity index (χ4v) is 5.84. The lowest BCUT2D eigenvalue weighted by molar-refractivity contribution is 0.151. The SMILES string of the molecule is COc1ccc(OC)c2c1cc(OC(=O)NC1CCN(C(C)C)CC1)n2Cc1cc(-c2ccc(Cl)s2)on1. The van der Waals surface area contributed by atoms with Crippen molar-refractivity contribution in [3.05, 3.63) is 46.4 Å². The standard InChI is InChI=1S/C27H31ClN4O5S/c1-16(2)31-11-9-17(10-12-31)29-27(33)36-25-14-19-20(34-3)5-6-21(35-4)26(19)32(25)15-18-13-22(37-30-18)23-7-8-24(28)38-23/h5-8,13-14,16-17H,9-12,15H2,1-4H3,(H,29,33). The van der Waals surface area contributed by atoms with Crippen molar-refractivity contribution in [2.24, 2.45) is 0 Å². The number of nitrogens with zero attached hydrogens (tertiary/aromatic N) is 3. The smallest absolute Gasteiger partial charge is 0.414 e. The van der Waals surface area contributed by atoms with Gasteiger partial charge in [0.05, 0.1) is 35.5 Å². The number of likely N-dealkylation sites (tertiary alicyclic amines) is 1. The maximum atomic E-state index is 13.0. The Bertz CT molecular complexity index is 1420. The lowest BCUT2D eigenvalue weighted by Crippen LogP contribution is -2.47. The third kappa shape index (κ3) is 5.48. The number of fused-ring (bicyclic) bond motifs is 1. The molecule has 1 aliphatic heterocycles. The van der Waals surface area contributed by atoms with Gasteiger partial charge in [0.1, 0.15) is 17.2 Å². The number of hydrogen-bond donors (Lipinski definition) is 1. The van der Waals surface area contributed by atoms with E-state index < -0.39 is 6.09 Å². The van der Waals surface area contributed by atoms with Crippen LogP contribution in [0, 0.1) is 0 Å². The van der Waals surface area contributed by atoms with Gasteiger partial charge in [-0.3, -0.25) is 0 Å². The Hall–Kier alpha value is -3.21. The number of halogens is 1. The molecule has 202 valence electrons. The summed E-state index contributed by atoms with van der Waals surface area (Å²) in [4.78, 5) is 16.3. The summed E-state index contributed by atoms with van der Waals surface area (Å²) >= 11 is 7.50. The molecule has 5 rings (SSSR count). The van der Waals surface area contributed by atoms with E-state index in [-0.39, 0.29) is 12.6 Å². The first-order chi connectivity index (χ1) is 18.4. The summed E-state index contributed by atoms with van der Waals surface area (Å²) in [6, 6.07) is 11.6. The molecule has 0 aliphatic carbocycles. The molecule has 0 bridgehead atoms. The van der Waals surface area contributed by atoms with Gasteiger partial charge >= 0.3 is 6.09 Å². The van der Waals surface area contributed by atoms with Crippen LogP contribution in [-0.2, 0) is 6.54 Å². The zero-order chi connectivity index (χ0) is 26.8. The van der Waals surface area contributed by atoms with Gasteiger partial charge in [-0.15, -0.1) is 11.3 Å². The summed E-state index contributed by atoms with van der Waals surface area (Å²) in [6.07, 6.45) is 1.27. The predicted octanol–water partition coefficient (Wildman–Crippen LogP) is 6.04. The topological polar surface area (TPSA) is 91.0 Å². The van der Waals surface area contributed by atoms with Crippen LogP contribution in [0.15, 0.2) is 40.9 Å². The van der Waals surface area contributed by atoms with Gasteiger partial charge in [-0.2, -0.15) is 0 Å². The number of rotatable bonds is 8. The molecule has 1 aromatic carbocycles. The lowest BCUT2D eigenvalue weighted by atomic mass is 10.0. The molecule has 11 heteroatoms. The zero-order valence-corrected chi connectivity index (χ0v) is 23.4. The van der Waals surface area contributed by atoms with Crippen LogP contribution < -0.4 is 19.5 Å². The molecule has 38 heavy (non-hydrogen) atoms. The van der Waals surface area contributed by atoms with Gasteiger partial charge in [0.2, 0.25) is 5.88 Å². The Labute approximate surface area is 230 Å². The molecule has 4 aromatic rings. The maximum Gasteiger partial charge on any atom is 0.414 e. The Balaban J connectivity index is 1.43. The molecular formula is C27H31ClN4O5S. The van der Waals surface area contributed by atoms with Crippen LogP contribution in [0.25, 0.3) is 21.5 Å². The molecule has 1 fully saturated rings. The number of amides is 1. The molecule has 3 aromatic heterocycles. The van der Waals surface area contributed by atoms with E-state index in [9.17, 15) is 4.79 Å². The summed E-state index contributed by atoms with van der Waals surface area (Å²) < 4.78 is 25.2. The van der Waals surface area contributed by atoms with Crippen molar-refractivity contribution in [2.45, 2.75) is 45.3 Å². The Morgan fingerprint density at radius 3 is 2.55 bits per heavy atom. The Morgan fingerprint density at radius 2 is 1.89 bits per heavy atom. The largest absolute Gasteiger partial charge is 0.496 e. The minimum Gasteiger partial charge on any atom is -0.496 e. The quantitative estimate of drug-likeness (QED) is 0.282. The second-order valence-electron chi connectivity index (χ2n) is 9.53. The molecule has 0 radical (unpaired) electrons. The molecular weight excluding hydrogens is 528 g/mol. The fraction of sp³-hybridized carbons (Fsp3) is 0.407. The monoisotopic (exact) mass is 558 g/mol. The highest BCUT2D eigenvalue weighted by Gasteiger charge is 2.25. The molecule has 0 spiro atoms. The van der Waals surface area contributed by atoms with Crippen LogP contribution in [-0.4, -0.2) is 60.1 Å². The van der Waals surface area contributed by atoms with Crippen molar-refractivity contribution in [3.8, 4) is 28.0 Å². The first-order valence-corrected chi connectivity index (χ1v) is 13.7. The first-order valence-electron chi connectivity index (χ1n) is 12.5. The van der Waals surface area contributed by atoms with Gasteiger partial charge in [-0.05, 0) is 51.0 Å². The van der Waals surface area contributed by atoms with Crippen LogP contribution in [0.1, 0.15) is 32.4 Å². The van der Waals surface area contributed by atoms with Crippen molar-refractivity contribution < 1.29 is 23.5 Å². The van der Waals surface area contributed by atoms with Crippen LogP contribution in [0.5, 0.6) is 17.4 Å². The molecule has 4 heterocycles. The van der Waals surface area contributed by atoms with Gasteiger partial charge in [-0.25, -0.2) is 4.79 Å². The van der Waals surface area contributed by atoms with Gasteiger partial charge in [-0.1, -0.05) is 16.8 Å². The molecule has 1 aliphatic rings. The number of methoxy groups -OCH3 is 2. The summed E-state index contributed by atoms with van der Waals surface area (Å²) in [5.74, 6) is 2.22. The van der Waals surface area contributed by atoms with E-state index in [1.54, 1.807) is 20.3 Å². The van der Waals surface area contributed by atoms with Gasteiger partial charge in [0.15, 0.2) is 5.76 Å². The van der Waals surface area contributed by atoms with Crippen molar-refractivity contribution >= 4 is 39.9 Å². The highest BCUT2D eigenvalue weighted by Crippen LogP contribution is 2.39. The van der Waals surface area contributed by atoms with E-state index in [1.165, 1.54) is 11.3 Å². The normalized spacial score (nSPS) is 14.8. The number of ether oxygens (including phenoxy) is 3. The molecule has 0 atom stereocenters. The third-order valence-corrected chi connectivity index (χ3v) is 8.10. The zero-order valence-electron chi connectivity index (χ0n) is 21.8. The second-order valence-corrected chi connectivity index (χ2v) is 11.2. The van der Waals surface area contributed by atoms with Crippen molar-refractivity contribution in [2.75, 3.05) is 27.3 Å². The van der Waals surface area contributed by atoms with Crippen LogP contribution in [0.4, 0.5) is 4.79 Å². The van der Waals surface area contributed by atoms with Gasteiger partial charge in [0, 0.05) is 42.7 Å². The predicted molar refractivity (Wildman–Crippen MR) is 148 cm³/mol. The van der Waals surface area contributed by atoms with Crippen LogP contribution in [0.2, 0.25) is 4.34 Å². The molecule has 9 nitrogen and oxygen atoms in total. The average molecular weight is 559 g/mol. The minimum atomic E-state index is -0.496. The number of aromatic nitrogens is 2. The highest BCUT2D eigenvalue weighted by atomic mass is 35.5. The van der Waals surface area contributed by atoms with E-state index in [0.717, 1.165) is 41.7 Å². The van der Waals surface area contributed by atoms with Crippen molar-refractivity contribution in [1.82, 2.24) is 19.9 Å². The molecule has 1 N–H and O–H groups in total. The Morgan fingerprint density at radius 1 is 1.16 bits per heavy atom. The van der Waals surface area contributed by atoms with E-state index in [1.807, 2.05) is 34.9 Å². The Kier molecular flexibility index (Phi) is 7.83. The third-order valence-electron chi connectivity index (χ3n) is 6.86. The summed E-state index contributed by atoms with van der Waals surface area (Å²) in [5, 5.41) is 8.05. The first kappa shape index (κ1) is 26.4.